The molecule has 0 aliphatic carbocycles. The SMILES string of the molecule is COC(=O)C1=C(N(C)C2(C)COC2)C=C(Nc2cnc(C#N)cn2)NC1. The number of nitriles is 1. The molecule has 0 saturated carbocycles. The highest BCUT2D eigenvalue weighted by molar-refractivity contribution is 5.90. The molecule has 2 aliphatic heterocycles. The Labute approximate surface area is 151 Å². The molecule has 0 aromatic carbocycles. The maximum Gasteiger partial charge on any atom is 0.337 e. The molecule has 0 bridgehead atoms. The van der Waals surface area contributed by atoms with Crippen LogP contribution in [0.5, 0.6) is 0 Å². The molecule has 0 atom stereocenters. The number of hydrogen-bond acceptors (Lipinski definition) is 9. The van der Waals surface area contributed by atoms with Gasteiger partial charge in [-0.1, -0.05) is 0 Å². The van der Waals surface area contributed by atoms with E-state index in [1.54, 1.807) is 0 Å². The Kier molecular flexibility index (Phi) is 4.77. The van der Waals surface area contributed by atoms with Gasteiger partial charge in [0.2, 0.25) is 0 Å². The monoisotopic (exact) mass is 356 g/mol. The van der Waals surface area contributed by atoms with Gasteiger partial charge in [-0.3, -0.25) is 0 Å². The molecule has 9 nitrogen and oxygen atoms in total. The van der Waals surface area contributed by atoms with Crippen molar-refractivity contribution >= 4 is 11.8 Å². The van der Waals surface area contributed by atoms with Gasteiger partial charge in [-0.05, 0) is 6.92 Å². The summed E-state index contributed by atoms with van der Waals surface area (Å²) in [5.41, 5.74) is 1.36. The largest absolute Gasteiger partial charge is 0.466 e. The number of hydrogen-bond donors (Lipinski definition) is 2. The number of esters is 1. The van der Waals surface area contributed by atoms with E-state index in [9.17, 15) is 4.79 Å². The third-order valence-electron chi connectivity index (χ3n) is 4.50. The zero-order chi connectivity index (χ0) is 18.7. The van der Waals surface area contributed by atoms with Crippen molar-refractivity contribution < 1.29 is 14.3 Å². The van der Waals surface area contributed by atoms with Crippen LogP contribution in [0.4, 0.5) is 5.82 Å². The zero-order valence-corrected chi connectivity index (χ0v) is 14.9. The summed E-state index contributed by atoms with van der Waals surface area (Å²) in [4.78, 5) is 22.3. The van der Waals surface area contributed by atoms with Gasteiger partial charge < -0.3 is 25.0 Å². The molecule has 9 heteroatoms. The summed E-state index contributed by atoms with van der Waals surface area (Å²) in [5.74, 6) is 0.781. The predicted molar refractivity (Wildman–Crippen MR) is 92.5 cm³/mol. The van der Waals surface area contributed by atoms with E-state index < -0.39 is 0 Å². The molecule has 0 unspecified atom stereocenters. The molecule has 1 aromatic heterocycles. The van der Waals surface area contributed by atoms with Gasteiger partial charge in [-0.2, -0.15) is 5.26 Å². The highest BCUT2D eigenvalue weighted by atomic mass is 16.5. The van der Waals surface area contributed by atoms with Gasteiger partial charge in [-0.25, -0.2) is 14.8 Å². The molecule has 2 N–H and O–H groups in total. The maximum atomic E-state index is 12.2. The second kappa shape index (κ2) is 7.01. The number of carbonyl (C=O) groups excluding carboxylic acids is 1. The fourth-order valence-electron chi connectivity index (χ4n) is 2.70. The van der Waals surface area contributed by atoms with E-state index in [1.807, 2.05) is 24.1 Å². The van der Waals surface area contributed by atoms with Crippen LogP contribution in [-0.4, -0.2) is 60.3 Å². The minimum Gasteiger partial charge on any atom is -0.466 e. The van der Waals surface area contributed by atoms with Gasteiger partial charge in [0.15, 0.2) is 5.69 Å². The number of anilines is 1. The summed E-state index contributed by atoms with van der Waals surface area (Å²) < 4.78 is 10.3. The van der Waals surface area contributed by atoms with Crippen molar-refractivity contribution in [1.29, 1.82) is 5.26 Å². The molecule has 2 aliphatic rings. The van der Waals surface area contributed by atoms with Crippen LogP contribution in [0.1, 0.15) is 12.6 Å². The quantitative estimate of drug-likeness (QED) is 0.722. The van der Waals surface area contributed by atoms with Crippen molar-refractivity contribution in [3.63, 3.8) is 0 Å². The second-order valence-electron chi connectivity index (χ2n) is 6.34. The van der Waals surface area contributed by atoms with Crippen LogP contribution in [0.3, 0.4) is 0 Å². The number of nitrogens with one attached hydrogen (secondary N) is 2. The third-order valence-corrected chi connectivity index (χ3v) is 4.50. The lowest BCUT2D eigenvalue weighted by atomic mass is 9.96. The first-order valence-electron chi connectivity index (χ1n) is 8.04. The Morgan fingerprint density at radius 1 is 1.46 bits per heavy atom. The van der Waals surface area contributed by atoms with E-state index in [-0.39, 0.29) is 17.2 Å². The van der Waals surface area contributed by atoms with Gasteiger partial charge in [0, 0.05) is 13.1 Å². The van der Waals surface area contributed by atoms with E-state index in [0.29, 0.717) is 37.0 Å². The lowest BCUT2D eigenvalue weighted by Crippen LogP contribution is -2.58. The zero-order valence-electron chi connectivity index (χ0n) is 14.9. The van der Waals surface area contributed by atoms with Crippen molar-refractivity contribution in [3.8, 4) is 6.07 Å². The molecule has 0 radical (unpaired) electrons. The summed E-state index contributed by atoms with van der Waals surface area (Å²) in [6.07, 6.45) is 4.70. The summed E-state index contributed by atoms with van der Waals surface area (Å²) in [6.45, 7) is 3.57. The summed E-state index contributed by atoms with van der Waals surface area (Å²) in [7, 11) is 3.30. The van der Waals surface area contributed by atoms with Crippen LogP contribution in [0.25, 0.3) is 0 Å². The molecular formula is C17H20N6O3. The van der Waals surface area contributed by atoms with Crippen molar-refractivity contribution in [2.45, 2.75) is 12.5 Å². The van der Waals surface area contributed by atoms with Crippen molar-refractivity contribution in [3.05, 3.63) is 41.3 Å². The average Bonchev–Trinajstić information content (AvgIpc) is 2.65. The van der Waals surface area contributed by atoms with Gasteiger partial charge in [0.1, 0.15) is 17.7 Å². The molecule has 26 heavy (non-hydrogen) atoms. The van der Waals surface area contributed by atoms with Crippen LogP contribution in [0.15, 0.2) is 35.6 Å². The first-order chi connectivity index (χ1) is 12.5. The lowest BCUT2D eigenvalue weighted by molar-refractivity contribution is -0.136. The highest BCUT2D eigenvalue weighted by Gasteiger charge is 2.40. The fourth-order valence-corrected chi connectivity index (χ4v) is 2.70. The number of dihydropyridines is 1. The normalized spacial score (nSPS) is 18.0. The van der Waals surface area contributed by atoms with Crippen LogP contribution in [0, 0.1) is 11.3 Å². The summed E-state index contributed by atoms with van der Waals surface area (Å²) in [6, 6.07) is 1.93. The Morgan fingerprint density at radius 2 is 2.23 bits per heavy atom. The Morgan fingerprint density at radius 3 is 2.77 bits per heavy atom. The number of aromatic nitrogens is 2. The minimum absolute atomic E-state index is 0.179. The number of ether oxygens (including phenoxy) is 2. The molecule has 3 heterocycles. The second-order valence-corrected chi connectivity index (χ2v) is 6.34. The minimum atomic E-state index is -0.378. The first-order valence-corrected chi connectivity index (χ1v) is 8.04. The van der Waals surface area contributed by atoms with E-state index in [0.717, 1.165) is 5.70 Å². The standard InChI is InChI=1S/C17H20N6O3/c1-17(9-26-10-17)23(2)13-4-14(21-7-12(13)16(24)25-3)22-15-8-19-11(5-18)6-20-15/h4,6,8,21H,7,9-10H2,1-3H3,(H,20,22). The molecule has 3 rings (SSSR count). The Balaban J connectivity index is 1.88. The van der Waals surface area contributed by atoms with E-state index in [4.69, 9.17) is 14.7 Å². The van der Waals surface area contributed by atoms with Crippen LogP contribution in [-0.2, 0) is 14.3 Å². The lowest BCUT2D eigenvalue weighted by Gasteiger charge is -2.48. The first kappa shape index (κ1) is 17.7. The molecular weight excluding hydrogens is 336 g/mol. The summed E-state index contributed by atoms with van der Waals surface area (Å²) >= 11 is 0. The van der Waals surface area contributed by atoms with Gasteiger partial charge >= 0.3 is 5.97 Å². The van der Waals surface area contributed by atoms with Gasteiger partial charge in [0.25, 0.3) is 0 Å². The molecule has 1 fully saturated rings. The smallest absolute Gasteiger partial charge is 0.337 e. The molecule has 1 aromatic rings. The van der Waals surface area contributed by atoms with Crippen LogP contribution in [0.2, 0.25) is 0 Å². The number of likely N-dealkylation sites (N-methyl/N-ethyl adjacent to an activating group) is 1. The van der Waals surface area contributed by atoms with Crippen molar-refractivity contribution in [1.82, 2.24) is 20.2 Å². The Hall–Kier alpha value is -3.12. The van der Waals surface area contributed by atoms with Crippen LogP contribution < -0.4 is 10.6 Å². The molecule has 1 saturated heterocycles. The van der Waals surface area contributed by atoms with E-state index in [1.165, 1.54) is 19.5 Å². The Bertz CT molecular complexity index is 805. The fraction of sp³-hybridized carbons (Fsp3) is 0.412. The van der Waals surface area contributed by atoms with Crippen LogP contribution >= 0.6 is 0 Å². The molecule has 0 amide bonds. The van der Waals surface area contributed by atoms with Gasteiger partial charge in [0.05, 0.1) is 56.1 Å². The molecule has 136 valence electrons. The predicted octanol–water partition coefficient (Wildman–Crippen LogP) is 0.353. The number of methoxy groups -OCH3 is 1. The number of carbonyl (C=O) groups is 1. The van der Waals surface area contributed by atoms with Gasteiger partial charge in [-0.15, -0.1) is 0 Å². The van der Waals surface area contributed by atoms with E-state index in [2.05, 4.69) is 27.5 Å². The maximum absolute atomic E-state index is 12.2. The number of allylic oxidation sites excluding steroid dienone is 1. The number of nitrogens with zero attached hydrogens (tertiary/aromatic N) is 4. The number of rotatable bonds is 5. The third kappa shape index (κ3) is 3.32. The highest BCUT2D eigenvalue weighted by Crippen LogP contribution is 2.30. The summed E-state index contributed by atoms with van der Waals surface area (Å²) in [5, 5.41) is 15.0. The van der Waals surface area contributed by atoms with Crippen molar-refractivity contribution in [2.24, 2.45) is 0 Å². The molecule has 0 spiro atoms. The average molecular weight is 356 g/mol. The van der Waals surface area contributed by atoms with E-state index >= 15 is 0 Å². The van der Waals surface area contributed by atoms with Crippen molar-refractivity contribution in [2.75, 3.05) is 39.2 Å². The topological polar surface area (TPSA) is 112 Å².